The highest BCUT2D eigenvalue weighted by molar-refractivity contribution is 6.35. The highest BCUT2D eigenvalue weighted by Crippen LogP contribution is 2.24. The van der Waals surface area contributed by atoms with Crippen LogP contribution in [0.2, 0.25) is 10.0 Å². The molecular weight excluding hydrogens is 373 g/mol. The normalized spacial score (nSPS) is 10.7. The third kappa shape index (κ3) is 4.39. The third-order valence-corrected chi connectivity index (χ3v) is 4.18. The molecule has 6 nitrogen and oxygen atoms in total. The first kappa shape index (κ1) is 18.4. The van der Waals surface area contributed by atoms with Crippen LogP contribution < -0.4 is 19.6 Å². The Bertz CT molecular complexity index is 873. The van der Waals surface area contributed by atoms with Gasteiger partial charge in [-0.1, -0.05) is 35.3 Å². The summed E-state index contributed by atoms with van der Waals surface area (Å²) >= 11 is 12.2. The van der Waals surface area contributed by atoms with Crippen molar-refractivity contribution in [2.75, 3.05) is 31.4 Å². The highest BCUT2D eigenvalue weighted by Gasteiger charge is 2.20. The molecule has 0 atom stereocenters. The van der Waals surface area contributed by atoms with Crippen molar-refractivity contribution >= 4 is 40.8 Å². The van der Waals surface area contributed by atoms with Crippen molar-refractivity contribution in [3.05, 3.63) is 58.1 Å². The summed E-state index contributed by atoms with van der Waals surface area (Å²) in [6.45, 7) is 0.613. The SMILES string of the molecule is COc1ccc(C[n+]2[nH]c(N(C)C)nc2Nc2cc(Cl)cc(Cl)c2)cc1. The fraction of sp³-hybridized carbons (Fsp3) is 0.222. The van der Waals surface area contributed by atoms with Crippen LogP contribution >= 0.6 is 23.2 Å². The predicted molar refractivity (Wildman–Crippen MR) is 105 cm³/mol. The van der Waals surface area contributed by atoms with E-state index < -0.39 is 0 Å². The number of benzene rings is 2. The first-order chi connectivity index (χ1) is 12.4. The number of methoxy groups -OCH3 is 1. The minimum atomic E-state index is 0.560. The second-order valence-electron chi connectivity index (χ2n) is 5.98. The first-order valence-electron chi connectivity index (χ1n) is 7.98. The van der Waals surface area contributed by atoms with Crippen molar-refractivity contribution in [3.8, 4) is 5.75 Å². The lowest BCUT2D eigenvalue weighted by Gasteiger charge is -2.05. The number of aromatic nitrogens is 3. The Morgan fingerprint density at radius 1 is 1.12 bits per heavy atom. The van der Waals surface area contributed by atoms with E-state index in [1.807, 2.05) is 47.9 Å². The summed E-state index contributed by atoms with van der Waals surface area (Å²) in [6.07, 6.45) is 0. The van der Waals surface area contributed by atoms with E-state index in [0.717, 1.165) is 22.9 Å². The van der Waals surface area contributed by atoms with Gasteiger partial charge in [0, 0.05) is 24.1 Å². The van der Waals surface area contributed by atoms with Gasteiger partial charge in [-0.25, -0.2) is 10.4 Å². The molecule has 2 aromatic carbocycles. The number of nitrogens with one attached hydrogen (secondary N) is 2. The molecule has 0 saturated carbocycles. The molecule has 26 heavy (non-hydrogen) atoms. The minimum Gasteiger partial charge on any atom is -0.497 e. The third-order valence-electron chi connectivity index (χ3n) is 3.74. The lowest BCUT2D eigenvalue weighted by atomic mass is 10.2. The van der Waals surface area contributed by atoms with Crippen molar-refractivity contribution in [1.82, 2.24) is 10.1 Å². The minimum absolute atomic E-state index is 0.560. The lowest BCUT2D eigenvalue weighted by molar-refractivity contribution is -0.729. The van der Waals surface area contributed by atoms with E-state index in [-0.39, 0.29) is 0 Å². The zero-order valence-corrected chi connectivity index (χ0v) is 16.3. The van der Waals surface area contributed by atoms with Gasteiger partial charge >= 0.3 is 11.9 Å². The molecule has 0 radical (unpaired) electrons. The van der Waals surface area contributed by atoms with Gasteiger partial charge < -0.3 is 9.64 Å². The maximum atomic E-state index is 6.09. The molecule has 3 rings (SSSR count). The number of nitrogens with zero attached hydrogens (tertiary/aromatic N) is 3. The summed E-state index contributed by atoms with van der Waals surface area (Å²) in [6, 6.07) is 13.2. The van der Waals surface area contributed by atoms with Crippen LogP contribution in [-0.4, -0.2) is 31.3 Å². The molecule has 2 N–H and O–H groups in total. The van der Waals surface area contributed by atoms with Gasteiger partial charge in [0.05, 0.1) is 7.11 Å². The number of hydrogen-bond donors (Lipinski definition) is 2. The lowest BCUT2D eigenvalue weighted by Crippen LogP contribution is -2.39. The molecule has 0 aliphatic rings. The molecule has 136 valence electrons. The monoisotopic (exact) mass is 392 g/mol. The highest BCUT2D eigenvalue weighted by atomic mass is 35.5. The maximum absolute atomic E-state index is 6.09. The molecule has 0 fully saturated rings. The number of hydrogen-bond acceptors (Lipinski definition) is 4. The number of aromatic amines is 1. The van der Waals surface area contributed by atoms with Crippen LogP contribution in [0.15, 0.2) is 42.5 Å². The fourth-order valence-electron chi connectivity index (χ4n) is 2.44. The van der Waals surface area contributed by atoms with E-state index in [4.69, 9.17) is 27.9 Å². The van der Waals surface area contributed by atoms with Crippen molar-refractivity contribution in [2.24, 2.45) is 0 Å². The molecule has 1 aromatic heterocycles. The van der Waals surface area contributed by atoms with E-state index in [9.17, 15) is 0 Å². The zero-order valence-electron chi connectivity index (χ0n) is 14.8. The van der Waals surface area contributed by atoms with Gasteiger partial charge in [0.1, 0.15) is 18.0 Å². The van der Waals surface area contributed by atoms with Gasteiger partial charge in [-0.05, 0) is 40.9 Å². The Balaban J connectivity index is 1.90. The van der Waals surface area contributed by atoms with Crippen LogP contribution in [0.3, 0.4) is 0 Å². The second kappa shape index (κ2) is 7.85. The summed E-state index contributed by atoms with van der Waals surface area (Å²) in [7, 11) is 5.51. The molecule has 0 saturated heterocycles. The molecule has 0 aliphatic carbocycles. The van der Waals surface area contributed by atoms with Gasteiger partial charge in [-0.15, -0.1) is 0 Å². The standard InChI is InChI=1S/C18H19Cl2N5O/c1-24(2)18-22-17(21-15-9-13(19)8-14(20)10-15)25(23-18)11-12-4-6-16(26-3)7-5-12/h4-10H,11H2,1-3H3,(H,21,22,23)/p+1. The van der Waals surface area contributed by atoms with E-state index in [1.165, 1.54) is 0 Å². The molecule has 0 spiro atoms. The van der Waals surface area contributed by atoms with Crippen LogP contribution in [0.25, 0.3) is 0 Å². The second-order valence-corrected chi connectivity index (χ2v) is 6.86. The smallest absolute Gasteiger partial charge is 0.418 e. The molecule has 0 bridgehead atoms. The number of halogens is 2. The number of H-pyrrole nitrogens is 1. The van der Waals surface area contributed by atoms with Gasteiger partial charge in [0.25, 0.3) is 0 Å². The molecule has 0 amide bonds. The van der Waals surface area contributed by atoms with Crippen molar-refractivity contribution in [1.29, 1.82) is 0 Å². The Kier molecular flexibility index (Phi) is 5.54. The van der Waals surface area contributed by atoms with Crippen LogP contribution in [0.5, 0.6) is 5.75 Å². The van der Waals surface area contributed by atoms with Crippen molar-refractivity contribution in [3.63, 3.8) is 0 Å². The maximum Gasteiger partial charge on any atom is 0.418 e. The largest absolute Gasteiger partial charge is 0.497 e. The average Bonchev–Trinajstić information content (AvgIpc) is 2.97. The molecule has 1 heterocycles. The summed E-state index contributed by atoms with van der Waals surface area (Å²) in [4.78, 5) is 6.51. The Hall–Kier alpha value is -2.44. The van der Waals surface area contributed by atoms with E-state index in [0.29, 0.717) is 22.5 Å². The summed E-state index contributed by atoms with van der Waals surface area (Å²) in [5.74, 6) is 2.21. The van der Waals surface area contributed by atoms with Crippen LogP contribution in [0.4, 0.5) is 17.6 Å². The van der Waals surface area contributed by atoms with Crippen LogP contribution in [0.1, 0.15) is 5.56 Å². The van der Waals surface area contributed by atoms with Gasteiger partial charge in [-0.3, -0.25) is 0 Å². The molecule has 0 aliphatic heterocycles. The van der Waals surface area contributed by atoms with Gasteiger partial charge in [0.15, 0.2) is 0 Å². The van der Waals surface area contributed by atoms with Crippen LogP contribution in [0, 0.1) is 0 Å². The molecule has 3 aromatic rings. The van der Waals surface area contributed by atoms with E-state index in [2.05, 4.69) is 15.4 Å². The van der Waals surface area contributed by atoms with Crippen molar-refractivity contribution in [2.45, 2.75) is 6.54 Å². The average molecular weight is 393 g/mol. The van der Waals surface area contributed by atoms with Crippen molar-refractivity contribution < 1.29 is 9.42 Å². The first-order valence-corrected chi connectivity index (χ1v) is 8.73. The summed E-state index contributed by atoms with van der Waals surface area (Å²) < 4.78 is 7.13. The Morgan fingerprint density at radius 2 is 1.77 bits per heavy atom. The number of rotatable bonds is 6. The van der Waals surface area contributed by atoms with E-state index >= 15 is 0 Å². The van der Waals surface area contributed by atoms with E-state index in [1.54, 1.807) is 25.3 Å². The number of ether oxygens (including phenoxy) is 1. The Morgan fingerprint density at radius 3 is 2.35 bits per heavy atom. The fourth-order valence-corrected chi connectivity index (χ4v) is 2.96. The van der Waals surface area contributed by atoms with Crippen LogP contribution in [-0.2, 0) is 6.54 Å². The molecule has 8 heteroatoms. The summed E-state index contributed by atoms with van der Waals surface area (Å²) in [5, 5.41) is 7.67. The zero-order chi connectivity index (χ0) is 18.7. The predicted octanol–water partition coefficient (Wildman–Crippen LogP) is 3.87. The van der Waals surface area contributed by atoms with Gasteiger partial charge in [-0.2, -0.15) is 4.68 Å². The Labute approximate surface area is 162 Å². The summed E-state index contributed by atoms with van der Waals surface area (Å²) in [5.41, 5.74) is 1.87. The molecule has 0 unspecified atom stereocenters. The van der Waals surface area contributed by atoms with Gasteiger partial charge in [0.2, 0.25) is 0 Å². The molecular formula is C18H20Cl2N5O+. The number of anilines is 3. The topological polar surface area (TPSA) is 57.1 Å². The quantitative estimate of drug-likeness (QED) is 0.625.